The molecule has 0 aromatic carbocycles. The largest absolute Gasteiger partial charge is 0.279 e. The van der Waals surface area contributed by atoms with Crippen LogP contribution in [0.15, 0.2) is 18.5 Å². The van der Waals surface area contributed by atoms with Gasteiger partial charge in [0.1, 0.15) is 15.8 Å². The molecular weight excluding hydrogens is 297 g/mol. The van der Waals surface area contributed by atoms with Crippen molar-refractivity contribution in [2.24, 2.45) is 0 Å². The molecule has 0 atom stereocenters. The van der Waals surface area contributed by atoms with Crippen molar-refractivity contribution in [1.29, 1.82) is 0 Å². The minimum absolute atomic E-state index is 0.389. The maximum atomic E-state index is 13.1. The Morgan fingerprint density at radius 2 is 2.10 bits per heavy atom. The molecule has 0 fully saturated rings. The Labute approximate surface area is 127 Å². The highest BCUT2D eigenvalue weighted by molar-refractivity contribution is 7.81. The van der Waals surface area contributed by atoms with E-state index in [2.05, 4.69) is 15.4 Å². The van der Waals surface area contributed by atoms with E-state index < -0.39 is 0 Å². The summed E-state index contributed by atoms with van der Waals surface area (Å²) >= 11 is 6.51. The van der Waals surface area contributed by atoms with E-state index in [4.69, 9.17) is 17.1 Å². The molecule has 2 aromatic rings. The first-order valence-electron chi connectivity index (χ1n) is 6.03. The SMILES string of the molecule is CC.CONC(=S)c1sc(-c2cncc(F)c2)nc1C. The summed E-state index contributed by atoms with van der Waals surface area (Å²) in [5.41, 5.74) is 4.00. The monoisotopic (exact) mass is 313 g/mol. The fourth-order valence-corrected chi connectivity index (χ4v) is 2.69. The van der Waals surface area contributed by atoms with E-state index in [1.54, 1.807) is 6.20 Å². The molecule has 0 saturated heterocycles. The van der Waals surface area contributed by atoms with Gasteiger partial charge in [-0.2, -0.15) is 0 Å². The van der Waals surface area contributed by atoms with Gasteiger partial charge in [0, 0.05) is 11.8 Å². The van der Waals surface area contributed by atoms with Crippen LogP contribution in [0.1, 0.15) is 24.4 Å². The molecule has 2 aromatic heterocycles. The molecule has 0 aliphatic carbocycles. The van der Waals surface area contributed by atoms with Crippen LogP contribution in [-0.4, -0.2) is 22.1 Å². The van der Waals surface area contributed by atoms with Gasteiger partial charge in [-0.25, -0.2) is 9.37 Å². The number of halogens is 1. The summed E-state index contributed by atoms with van der Waals surface area (Å²) in [6.07, 6.45) is 2.72. The predicted octanol–water partition coefficient (Wildman–Crippen LogP) is 3.51. The summed E-state index contributed by atoms with van der Waals surface area (Å²) in [6.45, 7) is 5.84. The first kappa shape index (κ1) is 16.6. The van der Waals surface area contributed by atoms with Gasteiger partial charge in [-0.05, 0) is 13.0 Å². The number of thiocarbonyl (C=S) groups is 1. The van der Waals surface area contributed by atoms with Gasteiger partial charge in [0.2, 0.25) is 0 Å². The number of aromatic nitrogens is 2. The third-order valence-corrected chi connectivity index (χ3v) is 3.79. The van der Waals surface area contributed by atoms with Crippen molar-refractivity contribution in [2.75, 3.05) is 7.11 Å². The number of nitrogens with one attached hydrogen (secondary N) is 1. The van der Waals surface area contributed by atoms with E-state index in [1.807, 2.05) is 20.8 Å². The van der Waals surface area contributed by atoms with Gasteiger partial charge in [-0.1, -0.05) is 26.1 Å². The van der Waals surface area contributed by atoms with Crippen LogP contribution in [0.4, 0.5) is 4.39 Å². The van der Waals surface area contributed by atoms with Crippen LogP contribution < -0.4 is 5.48 Å². The van der Waals surface area contributed by atoms with Crippen molar-refractivity contribution in [3.63, 3.8) is 0 Å². The molecule has 4 nitrogen and oxygen atoms in total. The molecule has 0 amide bonds. The summed E-state index contributed by atoms with van der Waals surface area (Å²) in [6, 6.07) is 1.39. The van der Waals surface area contributed by atoms with Crippen LogP contribution in [0.5, 0.6) is 0 Å². The second-order valence-corrected chi connectivity index (χ2v) is 4.87. The lowest BCUT2D eigenvalue weighted by Gasteiger charge is -2.01. The minimum atomic E-state index is -0.389. The number of hydrogen-bond acceptors (Lipinski definition) is 5. The average Bonchev–Trinajstić information content (AvgIpc) is 2.83. The second-order valence-electron chi connectivity index (χ2n) is 3.46. The molecule has 108 valence electrons. The second kappa shape index (κ2) is 7.98. The number of aryl methyl sites for hydroxylation is 1. The number of pyridine rings is 1. The number of hydroxylamine groups is 1. The number of hydrogen-bond donors (Lipinski definition) is 1. The van der Waals surface area contributed by atoms with E-state index in [0.29, 0.717) is 15.6 Å². The van der Waals surface area contributed by atoms with Crippen molar-refractivity contribution in [3.8, 4) is 10.6 Å². The van der Waals surface area contributed by atoms with E-state index in [-0.39, 0.29) is 5.82 Å². The average molecular weight is 313 g/mol. The zero-order valence-electron chi connectivity index (χ0n) is 11.7. The Balaban J connectivity index is 0.000000956. The summed E-state index contributed by atoms with van der Waals surface area (Å²) in [5, 5.41) is 0.676. The highest BCUT2D eigenvalue weighted by Gasteiger charge is 2.13. The molecule has 2 heterocycles. The smallest absolute Gasteiger partial charge is 0.142 e. The van der Waals surface area contributed by atoms with E-state index in [9.17, 15) is 4.39 Å². The summed E-state index contributed by atoms with van der Waals surface area (Å²) < 4.78 is 13.1. The van der Waals surface area contributed by atoms with Gasteiger partial charge in [0.15, 0.2) is 0 Å². The lowest BCUT2D eigenvalue weighted by atomic mass is 10.3. The topological polar surface area (TPSA) is 47.0 Å². The fourth-order valence-electron chi connectivity index (χ4n) is 1.40. The zero-order valence-corrected chi connectivity index (χ0v) is 13.4. The molecule has 1 N–H and O–H groups in total. The molecule has 0 aliphatic heterocycles. The lowest BCUT2D eigenvalue weighted by molar-refractivity contribution is 0.147. The summed E-state index contributed by atoms with van der Waals surface area (Å²) in [5.74, 6) is -0.389. The van der Waals surface area contributed by atoms with Crippen LogP contribution in [-0.2, 0) is 4.84 Å². The van der Waals surface area contributed by atoms with Gasteiger partial charge in [0.25, 0.3) is 0 Å². The Bertz CT molecular complexity index is 587. The highest BCUT2D eigenvalue weighted by Crippen LogP contribution is 2.27. The zero-order chi connectivity index (χ0) is 15.1. The molecule has 7 heteroatoms. The van der Waals surface area contributed by atoms with E-state index in [0.717, 1.165) is 16.8 Å². The van der Waals surface area contributed by atoms with Crippen molar-refractivity contribution in [2.45, 2.75) is 20.8 Å². The molecule has 0 aliphatic rings. The predicted molar refractivity (Wildman–Crippen MR) is 83.2 cm³/mol. The maximum absolute atomic E-state index is 13.1. The molecule has 20 heavy (non-hydrogen) atoms. The normalized spacial score (nSPS) is 9.65. The Morgan fingerprint density at radius 1 is 1.40 bits per heavy atom. The third-order valence-electron chi connectivity index (χ3n) is 2.15. The summed E-state index contributed by atoms with van der Waals surface area (Å²) in [7, 11) is 1.49. The van der Waals surface area contributed by atoms with E-state index in [1.165, 1.54) is 24.5 Å². The highest BCUT2D eigenvalue weighted by atomic mass is 32.1. The van der Waals surface area contributed by atoms with Crippen LogP contribution in [0.2, 0.25) is 0 Å². The molecule has 0 spiro atoms. The molecule has 0 radical (unpaired) electrons. The lowest BCUT2D eigenvalue weighted by Crippen LogP contribution is -2.20. The Morgan fingerprint density at radius 3 is 2.70 bits per heavy atom. The van der Waals surface area contributed by atoms with Crippen LogP contribution in [0.3, 0.4) is 0 Å². The summed E-state index contributed by atoms with van der Waals surface area (Å²) in [4.78, 5) is 14.2. The van der Waals surface area contributed by atoms with Gasteiger partial charge in [0.05, 0.1) is 23.9 Å². The van der Waals surface area contributed by atoms with Crippen LogP contribution in [0.25, 0.3) is 10.6 Å². The Hall–Kier alpha value is -1.44. The minimum Gasteiger partial charge on any atom is -0.279 e. The number of thiazole rings is 1. The van der Waals surface area contributed by atoms with Crippen LogP contribution >= 0.6 is 23.6 Å². The quantitative estimate of drug-likeness (QED) is 0.694. The maximum Gasteiger partial charge on any atom is 0.142 e. The third kappa shape index (κ3) is 4.03. The molecule has 0 unspecified atom stereocenters. The first-order chi connectivity index (χ1) is 9.61. The van der Waals surface area contributed by atoms with E-state index >= 15 is 0 Å². The standard InChI is InChI=1S/C11H10FN3OS2.C2H6/c1-6-9(10(17)15-16-2)18-11(14-6)7-3-8(12)5-13-4-7;1-2/h3-5H,1-2H3,(H,15,17);1-2H3. The number of nitrogens with zero attached hydrogens (tertiary/aromatic N) is 2. The van der Waals surface area contributed by atoms with Gasteiger partial charge in [-0.15, -0.1) is 11.3 Å². The Kier molecular flexibility index (Phi) is 6.63. The van der Waals surface area contributed by atoms with Crippen molar-refractivity contribution >= 4 is 28.5 Å². The van der Waals surface area contributed by atoms with Crippen molar-refractivity contribution in [1.82, 2.24) is 15.4 Å². The first-order valence-corrected chi connectivity index (χ1v) is 7.26. The van der Waals surface area contributed by atoms with Crippen molar-refractivity contribution < 1.29 is 9.23 Å². The van der Waals surface area contributed by atoms with Crippen molar-refractivity contribution in [3.05, 3.63) is 34.8 Å². The number of rotatable bonds is 3. The fraction of sp³-hybridized carbons (Fsp3) is 0.308. The molecule has 0 saturated carbocycles. The van der Waals surface area contributed by atoms with Gasteiger partial charge in [-0.3, -0.25) is 15.3 Å². The molecular formula is C13H16FN3OS2. The van der Waals surface area contributed by atoms with Crippen LogP contribution in [0, 0.1) is 12.7 Å². The molecule has 2 rings (SSSR count). The van der Waals surface area contributed by atoms with Gasteiger partial charge < -0.3 is 0 Å². The molecule has 0 bridgehead atoms. The van der Waals surface area contributed by atoms with Gasteiger partial charge >= 0.3 is 0 Å².